The Morgan fingerprint density at radius 1 is 1.73 bits per heavy atom. The molecule has 1 fully saturated rings. The zero-order valence-corrected chi connectivity index (χ0v) is 7.39. The third kappa shape index (κ3) is 3.04. The van der Waals surface area contributed by atoms with Crippen LogP contribution in [0.5, 0.6) is 0 Å². The summed E-state index contributed by atoms with van der Waals surface area (Å²) in [5, 5.41) is 3.34. The van der Waals surface area contributed by atoms with Crippen molar-refractivity contribution in [1.82, 2.24) is 5.32 Å². The van der Waals surface area contributed by atoms with E-state index in [0.717, 1.165) is 19.6 Å². The topological polar surface area (TPSA) is 21.3 Å². The van der Waals surface area contributed by atoms with E-state index < -0.39 is 0 Å². The van der Waals surface area contributed by atoms with Crippen LogP contribution in [0.1, 0.15) is 20.3 Å². The standard InChI is InChI=1S/C9H17NO/c1-7(2)11-6-9-4-8(3)5-10-9/h7,9-10H,3-6H2,1-2H3. The van der Waals surface area contributed by atoms with Gasteiger partial charge in [0.15, 0.2) is 0 Å². The first-order chi connectivity index (χ1) is 5.18. The maximum atomic E-state index is 5.47. The number of hydrogen-bond donors (Lipinski definition) is 1. The van der Waals surface area contributed by atoms with Crippen LogP contribution >= 0.6 is 0 Å². The Bertz CT molecular complexity index is 142. The van der Waals surface area contributed by atoms with E-state index in [1.807, 2.05) is 0 Å². The summed E-state index contributed by atoms with van der Waals surface area (Å²) >= 11 is 0. The molecule has 1 heterocycles. The van der Waals surface area contributed by atoms with E-state index in [1.165, 1.54) is 5.57 Å². The number of ether oxygens (including phenoxy) is 1. The smallest absolute Gasteiger partial charge is 0.0626 e. The van der Waals surface area contributed by atoms with Gasteiger partial charge in [0.25, 0.3) is 0 Å². The molecule has 11 heavy (non-hydrogen) atoms. The van der Waals surface area contributed by atoms with Crippen LogP contribution in [0.2, 0.25) is 0 Å². The fourth-order valence-corrected chi connectivity index (χ4v) is 1.21. The Morgan fingerprint density at radius 3 is 2.91 bits per heavy atom. The molecule has 0 aromatic heterocycles. The summed E-state index contributed by atoms with van der Waals surface area (Å²) in [7, 11) is 0. The molecule has 1 unspecified atom stereocenters. The Morgan fingerprint density at radius 2 is 2.45 bits per heavy atom. The Hall–Kier alpha value is -0.340. The minimum atomic E-state index is 0.339. The maximum Gasteiger partial charge on any atom is 0.0626 e. The summed E-state index contributed by atoms with van der Waals surface area (Å²) in [6.45, 7) is 9.81. The molecule has 2 nitrogen and oxygen atoms in total. The predicted octanol–water partition coefficient (Wildman–Crippen LogP) is 1.33. The highest BCUT2D eigenvalue weighted by Crippen LogP contribution is 2.10. The molecule has 0 spiro atoms. The van der Waals surface area contributed by atoms with Gasteiger partial charge in [-0.15, -0.1) is 0 Å². The molecular weight excluding hydrogens is 138 g/mol. The monoisotopic (exact) mass is 155 g/mol. The fourth-order valence-electron chi connectivity index (χ4n) is 1.21. The van der Waals surface area contributed by atoms with Crippen molar-refractivity contribution in [3.05, 3.63) is 12.2 Å². The normalized spacial score (nSPS) is 25.0. The Labute approximate surface area is 68.6 Å². The van der Waals surface area contributed by atoms with Crippen LogP contribution < -0.4 is 5.32 Å². The highest BCUT2D eigenvalue weighted by molar-refractivity contribution is 5.06. The van der Waals surface area contributed by atoms with Crippen LogP contribution in [-0.4, -0.2) is 25.3 Å². The van der Waals surface area contributed by atoms with Gasteiger partial charge >= 0.3 is 0 Å². The van der Waals surface area contributed by atoms with Gasteiger partial charge in [0.1, 0.15) is 0 Å². The number of hydrogen-bond acceptors (Lipinski definition) is 2. The quantitative estimate of drug-likeness (QED) is 0.621. The van der Waals surface area contributed by atoms with E-state index in [0.29, 0.717) is 12.1 Å². The van der Waals surface area contributed by atoms with Gasteiger partial charge in [0.2, 0.25) is 0 Å². The van der Waals surface area contributed by atoms with Crippen molar-refractivity contribution in [2.24, 2.45) is 0 Å². The van der Waals surface area contributed by atoms with Crippen molar-refractivity contribution < 1.29 is 4.74 Å². The van der Waals surface area contributed by atoms with Gasteiger partial charge in [0, 0.05) is 12.6 Å². The van der Waals surface area contributed by atoms with Crippen LogP contribution in [0.15, 0.2) is 12.2 Å². The van der Waals surface area contributed by atoms with Gasteiger partial charge in [-0.05, 0) is 20.3 Å². The van der Waals surface area contributed by atoms with Crippen molar-refractivity contribution in [3.8, 4) is 0 Å². The highest BCUT2D eigenvalue weighted by atomic mass is 16.5. The average molecular weight is 155 g/mol. The van der Waals surface area contributed by atoms with Gasteiger partial charge in [-0.1, -0.05) is 12.2 Å². The van der Waals surface area contributed by atoms with E-state index in [2.05, 4.69) is 25.7 Å². The lowest BCUT2D eigenvalue weighted by atomic mass is 10.2. The van der Waals surface area contributed by atoms with Gasteiger partial charge in [-0.2, -0.15) is 0 Å². The zero-order valence-electron chi connectivity index (χ0n) is 7.39. The van der Waals surface area contributed by atoms with Gasteiger partial charge in [-0.25, -0.2) is 0 Å². The summed E-state index contributed by atoms with van der Waals surface area (Å²) in [6, 6.07) is 0.505. The summed E-state index contributed by atoms with van der Waals surface area (Å²) in [5.41, 5.74) is 1.29. The first kappa shape index (κ1) is 8.75. The molecule has 0 aromatic rings. The van der Waals surface area contributed by atoms with Crippen LogP contribution in [0.25, 0.3) is 0 Å². The molecule has 1 atom stereocenters. The SMILES string of the molecule is C=C1CNC(COC(C)C)C1. The molecule has 0 bridgehead atoms. The van der Waals surface area contributed by atoms with Crippen LogP contribution in [-0.2, 0) is 4.74 Å². The zero-order chi connectivity index (χ0) is 8.27. The molecule has 0 aromatic carbocycles. The summed E-state index contributed by atoms with van der Waals surface area (Å²) in [5.74, 6) is 0. The van der Waals surface area contributed by atoms with Crippen molar-refractivity contribution in [2.75, 3.05) is 13.2 Å². The second kappa shape index (κ2) is 3.88. The van der Waals surface area contributed by atoms with Gasteiger partial charge in [-0.3, -0.25) is 0 Å². The minimum Gasteiger partial charge on any atom is -0.377 e. The second-order valence-electron chi connectivity index (χ2n) is 3.41. The van der Waals surface area contributed by atoms with E-state index in [9.17, 15) is 0 Å². The molecule has 0 amide bonds. The van der Waals surface area contributed by atoms with Crippen molar-refractivity contribution in [1.29, 1.82) is 0 Å². The molecule has 1 aliphatic heterocycles. The molecule has 0 aliphatic carbocycles. The van der Waals surface area contributed by atoms with E-state index in [1.54, 1.807) is 0 Å². The Balaban J connectivity index is 2.13. The molecule has 0 saturated carbocycles. The van der Waals surface area contributed by atoms with E-state index in [-0.39, 0.29) is 0 Å². The first-order valence-corrected chi connectivity index (χ1v) is 4.20. The van der Waals surface area contributed by atoms with Gasteiger partial charge in [0.05, 0.1) is 12.7 Å². The lowest BCUT2D eigenvalue weighted by Crippen LogP contribution is -2.28. The lowest BCUT2D eigenvalue weighted by Gasteiger charge is -2.12. The second-order valence-corrected chi connectivity index (χ2v) is 3.41. The molecule has 1 saturated heterocycles. The fraction of sp³-hybridized carbons (Fsp3) is 0.778. The summed E-state index contributed by atoms with van der Waals surface area (Å²) < 4.78 is 5.47. The summed E-state index contributed by atoms with van der Waals surface area (Å²) in [6.07, 6.45) is 1.41. The third-order valence-electron chi connectivity index (χ3n) is 1.81. The van der Waals surface area contributed by atoms with Crippen molar-refractivity contribution in [2.45, 2.75) is 32.4 Å². The largest absolute Gasteiger partial charge is 0.377 e. The van der Waals surface area contributed by atoms with E-state index >= 15 is 0 Å². The average Bonchev–Trinajstić information content (AvgIpc) is 2.31. The summed E-state index contributed by atoms with van der Waals surface area (Å²) in [4.78, 5) is 0. The maximum absolute atomic E-state index is 5.47. The van der Waals surface area contributed by atoms with Crippen LogP contribution in [0.3, 0.4) is 0 Å². The molecular formula is C9H17NO. The number of nitrogens with one attached hydrogen (secondary N) is 1. The Kier molecular flexibility index (Phi) is 3.09. The van der Waals surface area contributed by atoms with Crippen molar-refractivity contribution in [3.63, 3.8) is 0 Å². The minimum absolute atomic E-state index is 0.339. The van der Waals surface area contributed by atoms with Crippen LogP contribution in [0, 0.1) is 0 Å². The highest BCUT2D eigenvalue weighted by Gasteiger charge is 2.16. The third-order valence-corrected chi connectivity index (χ3v) is 1.81. The molecule has 1 aliphatic rings. The van der Waals surface area contributed by atoms with Crippen LogP contribution in [0.4, 0.5) is 0 Å². The first-order valence-electron chi connectivity index (χ1n) is 4.20. The van der Waals surface area contributed by atoms with E-state index in [4.69, 9.17) is 4.74 Å². The van der Waals surface area contributed by atoms with Gasteiger partial charge < -0.3 is 10.1 Å². The number of rotatable bonds is 3. The molecule has 1 rings (SSSR count). The molecule has 2 heteroatoms. The van der Waals surface area contributed by atoms with Crippen molar-refractivity contribution >= 4 is 0 Å². The molecule has 1 N–H and O–H groups in total. The molecule has 0 radical (unpaired) electrons. The predicted molar refractivity (Wildman–Crippen MR) is 46.6 cm³/mol. The molecule has 64 valence electrons. The lowest BCUT2D eigenvalue weighted by molar-refractivity contribution is 0.0653.